The fourth-order valence-electron chi connectivity index (χ4n) is 4.53. The SMILES string of the molecule is CSNc1ccn(C(=O)N2CCN(Cc3ccc(C(F)(F)F)c(C4CCNCC4)c3)CC2)n1. The van der Waals surface area contributed by atoms with Crippen LogP contribution in [0.15, 0.2) is 30.5 Å². The molecule has 2 aliphatic rings. The standard InChI is InChI=1S/C22H29F3N6OS/c1-33-28-20-6-9-31(27-20)21(32)30-12-10-29(11-13-30)15-16-2-3-19(22(23,24)25)18(14-16)17-4-7-26-8-5-17/h2-3,6,9,14,17,26H,4-5,7-8,10-13,15H2,1H3,(H,27,28). The van der Waals surface area contributed by atoms with Crippen molar-refractivity contribution in [3.05, 3.63) is 47.2 Å². The second kappa shape index (κ2) is 10.4. The second-order valence-corrected chi connectivity index (χ2v) is 9.05. The summed E-state index contributed by atoms with van der Waals surface area (Å²) in [5.41, 5.74) is 0.794. The molecule has 2 fully saturated rings. The van der Waals surface area contributed by atoms with Crippen LogP contribution in [0.25, 0.3) is 0 Å². The summed E-state index contributed by atoms with van der Waals surface area (Å²) in [5.74, 6) is 0.554. The molecular weight excluding hydrogens is 453 g/mol. The molecule has 0 radical (unpaired) electrons. The zero-order valence-corrected chi connectivity index (χ0v) is 19.4. The van der Waals surface area contributed by atoms with Gasteiger partial charge in [-0.3, -0.25) is 4.90 Å². The predicted octanol–water partition coefficient (Wildman–Crippen LogP) is 3.84. The van der Waals surface area contributed by atoms with Crippen molar-refractivity contribution in [2.75, 3.05) is 50.2 Å². The number of hydrogen-bond acceptors (Lipinski definition) is 6. The molecule has 33 heavy (non-hydrogen) atoms. The highest BCUT2D eigenvalue weighted by Crippen LogP contribution is 2.38. The number of nitrogens with zero attached hydrogens (tertiary/aromatic N) is 4. The van der Waals surface area contributed by atoms with E-state index < -0.39 is 11.7 Å². The molecular formula is C22H29F3N6OS. The molecule has 2 saturated heterocycles. The van der Waals surface area contributed by atoms with Crippen molar-refractivity contribution in [2.45, 2.75) is 31.5 Å². The Hall–Kier alpha value is -2.24. The Balaban J connectivity index is 1.39. The van der Waals surface area contributed by atoms with E-state index in [0.717, 1.165) is 31.5 Å². The Morgan fingerprint density at radius 3 is 2.58 bits per heavy atom. The molecule has 180 valence electrons. The molecule has 0 atom stereocenters. The summed E-state index contributed by atoms with van der Waals surface area (Å²) in [5, 5.41) is 7.45. The molecule has 0 unspecified atom stereocenters. The second-order valence-electron chi connectivity index (χ2n) is 8.44. The van der Waals surface area contributed by atoms with Gasteiger partial charge >= 0.3 is 12.2 Å². The summed E-state index contributed by atoms with van der Waals surface area (Å²) in [4.78, 5) is 16.6. The third kappa shape index (κ3) is 5.82. The Labute approximate surface area is 195 Å². The molecule has 2 N–H and O–H groups in total. The summed E-state index contributed by atoms with van der Waals surface area (Å²) in [7, 11) is 0. The molecule has 4 rings (SSSR count). The van der Waals surface area contributed by atoms with Crippen LogP contribution in [0, 0.1) is 0 Å². The van der Waals surface area contributed by atoms with E-state index in [4.69, 9.17) is 0 Å². The van der Waals surface area contributed by atoms with Crippen molar-refractivity contribution in [1.29, 1.82) is 0 Å². The number of rotatable bonds is 5. The zero-order valence-electron chi connectivity index (χ0n) is 18.6. The Bertz CT molecular complexity index is 952. The molecule has 0 spiro atoms. The van der Waals surface area contributed by atoms with Crippen molar-refractivity contribution in [2.24, 2.45) is 0 Å². The van der Waals surface area contributed by atoms with Gasteiger partial charge in [0, 0.05) is 51.2 Å². The first-order valence-corrected chi connectivity index (χ1v) is 12.3. The van der Waals surface area contributed by atoms with Gasteiger partial charge in [0.15, 0.2) is 5.82 Å². The third-order valence-electron chi connectivity index (χ3n) is 6.24. The fourth-order valence-corrected chi connectivity index (χ4v) is 4.85. The minimum absolute atomic E-state index is 0.0724. The number of piperidine rings is 1. The van der Waals surface area contributed by atoms with E-state index in [1.54, 1.807) is 29.3 Å². The lowest BCUT2D eigenvalue weighted by Crippen LogP contribution is -2.49. The van der Waals surface area contributed by atoms with Gasteiger partial charge in [-0.15, -0.1) is 5.10 Å². The van der Waals surface area contributed by atoms with Crippen molar-refractivity contribution in [3.63, 3.8) is 0 Å². The van der Waals surface area contributed by atoms with E-state index in [0.29, 0.717) is 44.1 Å². The largest absolute Gasteiger partial charge is 0.416 e. The number of nitrogens with one attached hydrogen (secondary N) is 2. The first kappa shape index (κ1) is 23.9. The van der Waals surface area contributed by atoms with Gasteiger partial charge in [-0.05, 0) is 49.0 Å². The summed E-state index contributed by atoms with van der Waals surface area (Å²) in [6.07, 6.45) is 0.607. The van der Waals surface area contributed by atoms with E-state index in [-0.39, 0.29) is 11.9 Å². The molecule has 0 saturated carbocycles. The first-order valence-electron chi connectivity index (χ1n) is 11.1. The van der Waals surface area contributed by atoms with E-state index in [9.17, 15) is 18.0 Å². The predicted molar refractivity (Wildman–Crippen MR) is 123 cm³/mol. The molecule has 7 nitrogen and oxygen atoms in total. The Morgan fingerprint density at radius 2 is 1.91 bits per heavy atom. The number of hydrogen-bond donors (Lipinski definition) is 2. The minimum Gasteiger partial charge on any atom is -0.320 e. The van der Waals surface area contributed by atoms with Crippen molar-refractivity contribution in [1.82, 2.24) is 24.9 Å². The number of alkyl halides is 3. The number of halogens is 3. The van der Waals surface area contributed by atoms with Crippen LogP contribution in [0.1, 0.15) is 35.4 Å². The lowest BCUT2D eigenvalue weighted by atomic mass is 9.86. The number of aromatic nitrogens is 2. The monoisotopic (exact) mass is 482 g/mol. The van der Waals surface area contributed by atoms with E-state index in [1.807, 2.05) is 6.26 Å². The number of anilines is 1. The highest BCUT2D eigenvalue weighted by molar-refractivity contribution is 7.99. The van der Waals surface area contributed by atoms with Crippen LogP contribution in [-0.4, -0.2) is 71.1 Å². The number of carbonyl (C=O) groups excluding carboxylic acids is 1. The molecule has 2 aliphatic heterocycles. The van der Waals surface area contributed by atoms with Gasteiger partial charge in [0.2, 0.25) is 0 Å². The van der Waals surface area contributed by atoms with Gasteiger partial charge in [-0.1, -0.05) is 24.1 Å². The van der Waals surface area contributed by atoms with Crippen LogP contribution in [0.2, 0.25) is 0 Å². The van der Waals surface area contributed by atoms with Gasteiger partial charge in [-0.25, -0.2) is 4.79 Å². The van der Waals surface area contributed by atoms with Crippen LogP contribution in [-0.2, 0) is 12.7 Å². The molecule has 3 heterocycles. The smallest absolute Gasteiger partial charge is 0.320 e. The average molecular weight is 483 g/mol. The molecule has 0 bridgehead atoms. The molecule has 1 amide bonds. The molecule has 1 aromatic carbocycles. The van der Waals surface area contributed by atoms with Crippen LogP contribution in [0.4, 0.5) is 23.8 Å². The summed E-state index contributed by atoms with van der Waals surface area (Å²) in [6, 6.07) is 6.15. The number of carbonyl (C=O) groups is 1. The zero-order chi connectivity index (χ0) is 23.4. The maximum atomic E-state index is 13.6. The van der Waals surface area contributed by atoms with Gasteiger partial charge in [0.1, 0.15) is 0 Å². The highest BCUT2D eigenvalue weighted by atomic mass is 32.2. The Kier molecular flexibility index (Phi) is 7.50. The highest BCUT2D eigenvalue weighted by Gasteiger charge is 2.35. The van der Waals surface area contributed by atoms with Gasteiger partial charge < -0.3 is 14.9 Å². The number of piperazine rings is 1. The summed E-state index contributed by atoms with van der Waals surface area (Å²) >= 11 is 1.41. The van der Waals surface area contributed by atoms with Crippen LogP contribution in [0.3, 0.4) is 0 Å². The van der Waals surface area contributed by atoms with Crippen molar-refractivity contribution in [3.8, 4) is 0 Å². The molecule has 2 aromatic rings. The molecule has 1 aromatic heterocycles. The van der Waals surface area contributed by atoms with Gasteiger partial charge in [0.25, 0.3) is 0 Å². The normalized spacial score (nSPS) is 18.5. The average Bonchev–Trinajstić information content (AvgIpc) is 3.28. The third-order valence-corrected chi connectivity index (χ3v) is 6.65. The van der Waals surface area contributed by atoms with E-state index >= 15 is 0 Å². The topological polar surface area (TPSA) is 65.4 Å². The summed E-state index contributed by atoms with van der Waals surface area (Å²) in [6.45, 7) is 4.47. The maximum Gasteiger partial charge on any atom is 0.416 e. The molecule has 11 heteroatoms. The van der Waals surface area contributed by atoms with Gasteiger partial charge in [0.05, 0.1) is 5.56 Å². The van der Waals surface area contributed by atoms with Gasteiger partial charge in [-0.2, -0.15) is 17.9 Å². The minimum atomic E-state index is -4.34. The van der Waals surface area contributed by atoms with Crippen molar-refractivity contribution >= 4 is 23.8 Å². The number of amides is 1. The van der Waals surface area contributed by atoms with Crippen LogP contribution >= 0.6 is 11.9 Å². The Morgan fingerprint density at radius 1 is 1.18 bits per heavy atom. The quantitative estimate of drug-likeness (QED) is 0.632. The lowest BCUT2D eigenvalue weighted by molar-refractivity contribution is -0.138. The summed E-state index contributed by atoms with van der Waals surface area (Å²) < 4.78 is 45.2. The van der Waals surface area contributed by atoms with Crippen LogP contribution < -0.4 is 10.0 Å². The first-order chi connectivity index (χ1) is 15.8. The molecule has 0 aliphatic carbocycles. The van der Waals surface area contributed by atoms with E-state index in [2.05, 4.69) is 20.0 Å². The number of benzene rings is 1. The van der Waals surface area contributed by atoms with Crippen molar-refractivity contribution < 1.29 is 18.0 Å². The van der Waals surface area contributed by atoms with E-state index in [1.165, 1.54) is 22.7 Å². The fraction of sp³-hybridized carbons (Fsp3) is 0.545. The lowest BCUT2D eigenvalue weighted by Gasteiger charge is -2.34. The maximum absolute atomic E-state index is 13.6. The van der Waals surface area contributed by atoms with Crippen LogP contribution in [0.5, 0.6) is 0 Å².